The second-order valence-corrected chi connectivity index (χ2v) is 13.0. The third-order valence-electron chi connectivity index (χ3n) is 9.67. The average Bonchev–Trinajstić information content (AvgIpc) is 3.45. The molecule has 1 spiro atoms. The molecule has 3 aliphatic heterocycles. The lowest BCUT2D eigenvalue weighted by Gasteiger charge is -2.40. The number of aliphatic hydroxyl groups excluding tert-OH is 1. The predicted molar refractivity (Wildman–Crippen MR) is 163 cm³/mol. The monoisotopic (exact) mass is 580 g/mol. The summed E-state index contributed by atoms with van der Waals surface area (Å²) < 4.78 is 12.6. The van der Waals surface area contributed by atoms with Gasteiger partial charge >= 0.3 is 5.97 Å². The molecule has 2 bridgehead atoms. The summed E-state index contributed by atoms with van der Waals surface area (Å²) in [5.41, 5.74) is 0.426. The standard InChI is InChI=1S/C34H48N2O6/c1-9-11-12-17-41-32(40)27-26-30(38)36(25(20-37)18-21(3)4)29(34(26)19-24(7)33(27,8)42-34)31(39)35(16-10-2)28-22(5)14-13-15-23(28)6/h9-10,13-15,21,24-27,29,37H,1-2,11-12,16-20H2,3-8H3/t24?,25-,26+,27+,29?,33-,34?/m1/s1. The maximum atomic E-state index is 15.0. The largest absolute Gasteiger partial charge is 0.465 e. The van der Waals surface area contributed by atoms with E-state index in [9.17, 15) is 19.5 Å². The molecule has 7 atom stereocenters. The number of nitrogens with zero attached hydrogens (tertiary/aromatic N) is 2. The third-order valence-corrected chi connectivity index (χ3v) is 9.67. The van der Waals surface area contributed by atoms with Crippen molar-refractivity contribution in [1.29, 1.82) is 0 Å². The molecule has 3 heterocycles. The van der Waals surface area contributed by atoms with E-state index in [2.05, 4.69) is 13.2 Å². The van der Waals surface area contributed by atoms with E-state index < -0.39 is 41.1 Å². The number of hydrogen-bond donors (Lipinski definition) is 1. The molecule has 42 heavy (non-hydrogen) atoms. The Balaban J connectivity index is 1.86. The highest BCUT2D eigenvalue weighted by Gasteiger charge is 2.80. The Kier molecular flexibility index (Phi) is 9.38. The van der Waals surface area contributed by atoms with Crippen LogP contribution in [-0.2, 0) is 23.9 Å². The van der Waals surface area contributed by atoms with E-state index >= 15 is 0 Å². The van der Waals surface area contributed by atoms with Crippen LogP contribution in [0.3, 0.4) is 0 Å². The van der Waals surface area contributed by atoms with Crippen LogP contribution >= 0.6 is 0 Å². The fourth-order valence-corrected chi connectivity index (χ4v) is 7.82. The minimum atomic E-state index is -1.23. The topological polar surface area (TPSA) is 96.4 Å². The SMILES string of the molecule is C=CCCCOC(=O)[C@@H]1[C@H]2C(=O)N([C@@H](CO)CC(C)C)C(C(=O)N(CC=C)c3c(C)cccc3C)C23CC(C)[C@@]1(C)O3. The first-order chi connectivity index (χ1) is 19.9. The number of para-hydroxylation sites is 1. The summed E-state index contributed by atoms with van der Waals surface area (Å²) in [6.07, 6.45) is 5.75. The van der Waals surface area contributed by atoms with Crippen molar-refractivity contribution in [1.82, 2.24) is 4.90 Å². The molecule has 0 aromatic heterocycles. The van der Waals surface area contributed by atoms with Gasteiger partial charge < -0.3 is 24.4 Å². The molecule has 8 nitrogen and oxygen atoms in total. The average molecular weight is 581 g/mol. The lowest BCUT2D eigenvalue weighted by Crippen LogP contribution is -2.59. The lowest BCUT2D eigenvalue weighted by molar-refractivity contribution is -0.162. The number of carbonyl (C=O) groups is 3. The second kappa shape index (κ2) is 12.3. The quantitative estimate of drug-likeness (QED) is 0.206. The molecular formula is C34H48N2O6. The highest BCUT2D eigenvalue weighted by molar-refractivity contribution is 6.05. The Morgan fingerprint density at radius 2 is 1.90 bits per heavy atom. The maximum Gasteiger partial charge on any atom is 0.312 e. The molecule has 1 aromatic carbocycles. The molecule has 3 unspecified atom stereocenters. The molecule has 8 heteroatoms. The smallest absolute Gasteiger partial charge is 0.312 e. The minimum Gasteiger partial charge on any atom is -0.465 e. The summed E-state index contributed by atoms with van der Waals surface area (Å²) in [6.45, 7) is 19.7. The van der Waals surface area contributed by atoms with E-state index in [1.807, 2.05) is 59.7 Å². The van der Waals surface area contributed by atoms with E-state index in [1.54, 1.807) is 22.0 Å². The van der Waals surface area contributed by atoms with Crippen LogP contribution < -0.4 is 4.90 Å². The van der Waals surface area contributed by atoms with Gasteiger partial charge in [0.2, 0.25) is 5.91 Å². The van der Waals surface area contributed by atoms with Crippen molar-refractivity contribution >= 4 is 23.5 Å². The van der Waals surface area contributed by atoms with Crippen LogP contribution in [0.15, 0.2) is 43.5 Å². The number of anilines is 1. The summed E-state index contributed by atoms with van der Waals surface area (Å²) in [7, 11) is 0. The number of hydrogen-bond acceptors (Lipinski definition) is 6. The van der Waals surface area contributed by atoms with Gasteiger partial charge in [-0.2, -0.15) is 0 Å². The summed E-state index contributed by atoms with van der Waals surface area (Å²) in [6, 6.07) is 4.24. The van der Waals surface area contributed by atoms with Gasteiger partial charge in [0.1, 0.15) is 17.6 Å². The number of ether oxygens (including phenoxy) is 2. The van der Waals surface area contributed by atoms with Crippen molar-refractivity contribution in [3.63, 3.8) is 0 Å². The Hall–Kier alpha value is -2.97. The lowest BCUT2D eigenvalue weighted by atomic mass is 9.62. The van der Waals surface area contributed by atoms with Gasteiger partial charge in [0.15, 0.2) is 0 Å². The van der Waals surface area contributed by atoms with Crippen molar-refractivity contribution in [2.45, 2.75) is 90.5 Å². The minimum absolute atomic E-state index is 0.103. The number of likely N-dealkylation sites (tertiary alicyclic amines) is 1. The van der Waals surface area contributed by atoms with E-state index in [0.29, 0.717) is 25.7 Å². The van der Waals surface area contributed by atoms with Crippen LogP contribution in [0.2, 0.25) is 0 Å². The van der Waals surface area contributed by atoms with Crippen LogP contribution in [-0.4, -0.2) is 70.8 Å². The van der Waals surface area contributed by atoms with Gasteiger partial charge in [-0.15, -0.1) is 13.2 Å². The molecule has 1 aromatic rings. The van der Waals surface area contributed by atoms with Crippen LogP contribution in [0.1, 0.15) is 64.5 Å². The summed E-state index contributed by atoms with van der Waals surface area (Å²) in [5, 5.41) is 10.6. The van der Waals surface area contributed by atoms with Gasteiger partial charge in [-0.25, -0.2) is 0 Å². The molecule has 2 amide bonds. The van der Waals surface area contributed by atoms with E-state index in [4.69, 9.17) is 9.47 Å². The molecule has 1 N–H and O–H groups in total. The second-order valence-electron chi connectivity index (χ2n) is 13.0. The number of allylic oxidation sites excluding steroid dienone is 1. The third kappa shape index (κ3) is 5.11. The Morgan fingerprint density at radius 3 is 2.48 bits per heavy atom. The summed E-state index contributed by atoms with van der Waals surface area (Å²) in [4.78, 5) is 46.5. The van der Waals surface area contributed by atoms with Crippen LogP contribution in [0.4, 0.5) is 5.69 Å². The van der Waals surface area contributed by atoms with Crippen LogP contribution in [0.25, 0.3) is 0 Å². The first-order valence-corrected chi connectivity index (χ1v) is 15.3. The maximum absolute atomic E-state index is 15.0. The molecule has 3 aliphatic rings. The van der Waals surface area contributed by atoms with E-state index in [0.717, 1.165) is 16.8 Å². The number of benzene rings is 1. The molecule has 0 radical (unpaired) electrons. The van der Waals surface area contributed by atoms with Gasteiger partial charge in [-0.1, -0.05) is 51.1 Å². The van der Waals surface area contributed by atoms with Crippen LogP contribution in [0, 0.1) is 37.5 Å². The van der Waals surface area contributed by atoms with Gasteiger partial charge in [-0.3, -0.25) is 14.4 Å². The van der Waals surface area contributed by atoms with Crippen molar-refractivity contribution in [3.05, 3.63) is 54.6 Å². The van der Waals surface area contributed by atoms with Crippen LogP contribution in [0.5, 0.6) is 0 Å². The number of carbonyl (C=O) groups excluding carboxylic acids is 3. The van der Waals surface area contributed by atoms with E-state index in [1.165, 1.54) is 0 Å². The van der Waals surface area contributed by atoms with Crippen molar-refractivity contribution < 1.29 is 29.0 Å². The summed E-state index contributed by atoms with van der Waals surface area (Å²) >= 11 is 0. The zero-order valence-electron chi connectivity index (χ0n) is 26.1. The van der Waals surface area contributed by atoms with Gasteiger partial charge in [0.25, 0.3) is 5.91 Å². The van der Waals surface area contributed by atoms with Gasteiger partial charge in [0, 0.05) is 12.2 Å². The fourth-order valence-electron chi connectivity index (χ4n) is 7.82. The molecule has 3 fully saturated rings. The van der Waals surface area contributed by atoms with Gasteiger partial charge in [-0.05, 0) is 69.4 Å². The number of rotatable bonds is 13. The number of fused-ring (bicyclic) bond motifs is 1. The fraction of sp³-hybridized carbons (Fsp3) is 0.618. The molecule has 0 aliphatic carbocycles. The molecule has 3 saturated heterocycles. The first-order valence-electron chi connectivity index (χ1n) is 15.3. The zero-order chi connectivity index (χ0) is 31.0. The Morgan fingerprint density at radius 1 is 1.24 bits per heavy atom. The molecule has 230 valence electrons. The number of esters is 1. The Bertz CT molecular complexity index is 1210. The molecule has 0 saturated carbocycles. The van der Waals surface area contributed by atoms with Gasteiger partial charge in [0.05, 0.1) is 30.8 Å². The number of amides is 2. The van der Waals surface area contributed by atoms with E-state index in [-0.39, 0.29) is 43.4 Å². The van der Waals surface area contributed by atoms with Crippen molar-refractivity contribution in [2.24, 2.45) is 23.7 Å². The summed E-state index contributed by atoms with van der Waals surface area (Å²) in [5.74, 6) is -2.77. The van der Waals surface area contributed by atoms with Crippen molar-refractivity contribution in [3.8, 4) is 0 Å². The normalized spacial score (nSPS) is 30.4. The zero-order valence-corrected chi connectivity index (χ0v) is 26.1. The number of unbranched alkanes of at least 4 members (excludes halogenated alkanes) is 1. The molecular weight excluding hydrogens is 532 g/mol. The highest BCUT2D eigenvalue weighted by atomic mass is 16.6. The Labute approximate surface area is 250 Å². The van der Waals surface area contributed by atoms with Crippen molar-refractivity contribution in [2.75, 3.05) is 24.7 Å². The highest BCUT2D eigenvalue weighted by Crippen LogP contribution is 2.66. The number of aryl methyl sites for hydroxylation is 2. The molecule has 4 rings (SSSR count). The number of aliphatic hydroxyl groups is 1. The first kappa shape index (κ1) is 32.0. The predicted octanol–water partition coefficient (Wildman–Crippen LogP) is 4.75.